The molecule has 5 nitrogen and oxygen atoms in total. The van der Waals surface area contributed by atoms with Gasteiger partial charge in [-0.15, -0.1) is 0 Å². The number of halogens is 3. The number of alkyl halides is 3. The Bertz CT molecular complexity index is 1170. The number of carboxylic acid groups (broad SMARTS) is 1. The van der Waals surface area contributed by atoms with Crippen molar-refractivity contribution in [2.75, 3.05) is 0 Å². The molecule has 31 heavy (non-hydrogen) atoms. The van der Waals surface area contributed by atoms with Gasteiger partial charge in [-0.2, -0.15) is 21.6 Å². The van der Waals surface area contributed by atoms with Gasteiger partial charge in [0.2, 0.25) is 0 Å². The van der Waals surface area contributed by atoms with E-state index in [4.69, 9.17) is 5.11 Å². The Balaban J connectivity index is 1.95. The Morgan fingerprint density at radius 3 is 2.23 bits per heavy atom. The first-order valence-corrected chi connectivity index (χ1v) is 10.6. The van der Waals surface area contributed by atoms with Crippen LogP contribution in [0, 0.1) is 0 Å². The number of carbonyl (C=O) groups is 1. The van der Waals surface area contributed by atoms with Crippen molar-refractivity contribution in [3.8, 4) is 0 Å². The van der Waals surface area contributed by atoms with Gasteiger partial charge in [-0.1, -0.05) is 50.3 Å². The molecular formula is C22H19F3O5S. The van der Waals surface area contributed by atoms with E-state index in [1.165, 1.54) is 18.2 Å². The number of allylic oxidation sites excluding steroid dienone is 1. The summed E-state index contributed by atoms with van der Waals surface area (Å²) in [4.78, 5) is 10.9. The number of carboxylic acids is 1. The van der Waals surface area contributed by atoms with E-state index in [1.54, 1.807) is 42.5 Å². The SMILES string of the molecule is CC1(C)CC=C(OS(=O)(=O)C(F)(F)F)c2cc(/C=C/c3ccc(C(=O)O)cc3)ccc21. The minimum Gasteiger partial charge on any atom is -0.478 e. The van der Waals surface area contributed by atoms with Crippen molar-refractivity contribution < 1.29 is 35.7 Å². The Morgan fingerprint density at radius 1 is 1.06 bits per heavy atom. The van der Waals surface area contributed by atoms with Gasteiger partial charge in [0, 0.05) is 5.56 Å². The molecule has 0 fully saturated rings. The zero-order valence-corrected chi connectivity index (χ0v) is 17.4. The van der Waals surface area contributed by atoms with Gasteiger partial charge in [-0.05, 0) is 52.8 Å². The van der Waals surface area contributed by atoms with Gasteiger partial charge in [0.1, 0.15) is 5.76 Å². The van der Waals surface area contributed by atoms with E-state index >= 15 is 0 Å². The molecular weight excluding hydrogens is 433 g/mol. The van der Waals surface area contributed by atoms with Gasteiger partial charge in [0.05, 0.1) is 5.56 Å². The first kappa shape index (κ1) is 22.6. The van der Waals surface area contributed by atoms with Crippen LogP contribution in [0.5, 0.6) is 0 Å². The summed E-state index contributed by atoms with van der Waals surface area (Å²) in [6, 6.07) is 11.2. The third kappa shape index (κ3) is 4.82. The summed E-state index contributed by atoms with van der Waals surface area (Å²) in [6.45, 7) is 3.80. The normalized spacial score (nSPS) is 16.0. The lowest BCUT2D eigenvalue weighted by atomic mass is 9.75. The summed E-state index contributed by atoms with van der Waals surface area (Å²) < 4.78 is 65.9. The highest BCUT2D eigenvalue weighted by molar-refractivity contribution is 7.87. The summed E-state index contributed by atoms with van der Waals surface area (Å²) in [6.07, 6.45) is 5.06. The third-order valence-electron chi connectivity index (χ3n) is 4.94. The van der Waals surface area contributed by atoms with E-state index in [2.05, 4.69) is 4.18 Å². The van der Waals surface area contributed by atoms with E-state index < -0.39 is 27.0 Å². The quantitative estimate of drug-likeness (QED) is 0.371. The molecule has 1 aliphatic rings. The fraction of sp³-hybridized carbons (Fsp3) is 0.227. The molecule has 0 saturated heterocycles. The van der Waals surface area contributed by atoms with E-state index in [0.717, 1.165) is 5.56 Å². The number of hydrogen-bond donors (Lipinski definition) is 1. The van der Waals surface area contributed by atoms with Gasteiger partial charge in [0.15, 0.2) is 0 Å². The van der Waals surface area contributed by atoms with Crippen LogP contribution in [0.1, 0.15) is 52.9 Å². The summed E-state index contributed by atoms with van der Waals surface area (Å²) >= 11 is 0. The van der Waals surface area contributed by atoms with Crippen LogP contribution in [0.25, 0.3) is 17.9 Å². The van der Waals surface area contributed by atoms with Crippen LogP contribution < -0.4 is 0 Å². The first-order chi connectivity index (χ1) is 14.3. The van der Waals surface area contributed by atoms with Crippen molar-refractivity contribution in [3.05, 3.63) is 76.4 Å². The predicted octanol–water partition coefficient (Wildman–Crippen LogP) is 5.44. The lowest BCUT2D eigenvalue weighted by molar-refractivity contribution is -0.0509. The average Bonchev–Trinajstić information content (AvgIpc) is 2.68. The van der Waals surface area contributed by atoms with Crippen LogP contribution in [0.4, 0.5) is 13.2 Å². The molecule has 1 N–H and O–H groups in total. The number of benzene rings is 2. The molecule has 2 aromatic carbocycles. The summed E-state index contributed by atoms with van der Waals surface area (Å²) in [5.74, 6) is -1.39. The Kier molecular flexibility index (Phi) is 5.75. The maximum Gasteiger partial charge on any atom is 0.534 e. The molecule has 0 atom stereocenters. The number of fused-ring (bicyclic) bond motifs is 1. The van der Waals surface area contributed by atoms with E-state index in [0.29, 0.717) is 17.5 Å². The highest BCUT2D eigenvalue weighted by Gasteiger charge is 2.49. The van der Waals surface area contributed by atoms with Crippen LogP contribution in [0.2, 0.25) is 0 Å². The van der Waals surface area contributed by atoms with Gasteiger partial charge >= 0.3 is 21.6 Å². The maximum atomic E-state index is 12.8. The van der Waals surface area contributed by atoms with Crippen molar-refractivity contribution in [1.29, 1.82) is 0 Å². The lowest BCUT2D eigenvalue weighted by Gasteiger charge is -2.31. The Labute approximate surface area is 177 Å². The summed E-state index contributed by atoms with van der Waals surface area (Å²) in [5.41, 5.74) is -3.53. The van der Waals surface area contributed by atoms with Crippen LogP contribution >= 0.6 is 0 Å². The number of hydrogen-bond acceptors (Lipinski definition) is 4. The lowest BCUT2D eigenvalue weighted by Crippen LogP contribution is -2.27. The highest BCUT2D eigenvalue weighted by Crippen LogP contribution is 2.41. The minimum atomic E-state index is -5.79. The molecule has 3 rings (SSSR count). The topological polar surface area (TPSA) is 80.7 Å². The largest absolute Gasteiger partial charge is 0.534 e. The third-order valence-corrected chi connectivity index (χ3v) is 5.91. The molecule has 0 aliphatic heterocycles. The van der Waals surface area contributed by atoms with E-state index in [1.807, 2.05) is 13.8 Å². The molecule has 2 aromatic rings. The Morgan fingerprint density at radius 2 is 1.65 bits per heavy atom. The predicted molar refractivity (Wildman–Crippen MR) is 110 cm³/mol. The molecule has 0 aromatic heterocycles. The van der Waals surface area contributed by atoms with Crippen molar-refractivity contribution in [2.24, 2.45) is 0 Å². The van der Waals surface area contributed by atoms with Gasteiger partial charge < -0.3 is 9.29 Å². The van der Waals surface area contributed by atoms with Crippen LogP contribution in [-0.4, -0.2) is 25.0 Å². The number of rotatable bonds is 5. The van der Waals surface area contributed by atoms with Crippen LogP contribution in [0.15, 0.2) is 48.5 Å². The molecule has 0 unspecified atom stereocenters. The van der Waals surface area contributed by atoms with E-state index in [9.17, 15) is 26.4 Å². The maximum absolute atomic E-state index is 12.8. The molecule has 164 valence electrons. The van der Waals surface area contributed by atoms with Crippen molar-refractivity contribution in [2.45, 2.75) is 31.2 Å². The molecule has 0 bridgehead atoms. The Hall–Kier alpha value is -3.07. The van der Waals surface area contributed by atoms with Gasteiger partial charge in [0.25, 0.3) is 0 Å². The fourth-order valence-corrected chi connectivity index (χ4v) is 3.69. The first-order valence-electron chi connectivity index (χ1n) is 9.17. The fourth-order valence-electron chi connectivity index (χ4n) is 3.20. The van der Waals surface area contributed by atoms with Gasteiger partial charge in [-0.25, -0.2) is 4.79 Å². The van der Waals surface area contributed by atoms with Crippen LogP contribution in [-0.2, 0) is 19.7 Å². The average molecular weight is 452 g/mol. The summed E-state index contributed by atoms with van der Waals surface area (Å²) in [5, 5.41) is 8.95. The number of aromatic carboxylic acids is 1. The minimum absolute atomic E-state index is 0.144. The molecule has 0 amide bonds. The molecule has 0 spiro atoms. The summed E-state index contributed by atoms with van der Waals surface area (Å²) in [7, 11) is -5.79. The van der Waals surface area contributed by atoms with Crippen molar-refractivity contribution >= 4 is 34.0 Å². The van der Waals surface area contributed by atoms with Crippen molar-refractivity contribution in [3.63, 3.8) is 0 Å². The zero-order valence-electron chi connectivity index (χ0n) is 16.6. The second-order valence-electron chi connectivity index (χ2n) is 7.71. The van der Waals surface area contributed by atoms with E-state index in [-0.39, 0.29) is 16.9 Å². The second kappa shape index (κ2) is 7.88. The zero-order chi connectivity index (χ0) is 23.0. The molecule has 0 radical (unpaired) electrons. The monoisotopic (exact) mass is 452 g/mol. The molecule has 0 heterocycles. The van der Waals surface area contributed by atoms with Crippen molar-refractivity contribution in [1.82, 2.24) is 0 Å². The highest BCUT2D eigenvalue weighted by atomic mass is 32.2. The molecule has 9 heteroatoms. The molecule has 0 saturated carbocycles. The van der Waals surface area contributed by atoms with Crippen LogP contribution in [0.3, 0.4) is 0 Å². The van der Waals surface area contributed by atoms with Gasteiger partial charge in [-0.3, -0.25) is 0 Å². The second-order valence-corrected chi connectivity index (χ2v) is 9.24. The smallest absolute Gasteiger partial charge is 0.478 e. The molecule has 1 aliphatic carbocycles. The standard InChI is InChI=1S/C22H19F3O5S/c1-21(2)12-11-19(30-31(28,29)22(23,24)25)17-13-15(7-10-18(17)21)4-3-14-5-8-16(9-6-14)20(26)27/h3-11,13H,12H2,1-2H3,(H,26,27)/b4-3+.